The summed E-state index contributed by atoms with van der Waals surface area (Å²) in [4.78, 5) is 70.5. The van der Waals surface area contributed by atoms with E-state index < -0.39 is 67.3 Å². The maximum atomic E-state index is 14.8. The largest absolute Gasteiger partial charge is 0.347 e. The molecule has 13 heteroatoms. The van der Waals surface area contributed by atoms with Crippen LogP contribution in [0.5, 0.6) is 0 Å². The highest BCUT2D eigenvalue weighted by Crippen LogP contribution is 2.41. The number of rotatable bonds is 14. The van der Waals surface area contributed by atoms with Crippen LogP contribution in [0.25, 0.3) is 0 Å². The fourth-order valence-electron chi connectivity index (χ4n) is 8.24. The minimum absolute atomic E-state index is 0.00598. The molecule has 51 heavy (non-hydrogen) atoms. The van der Waals surface area contributed by atoms with Gasteiger partial charge in [0.2, 0.25) is 17.6 Å². The molecule has 0 aromatic rings. The molecular formula is C38H65N5O7S. The first-order chi connectivity index (χ1) is 23.8. The van der Waals surface area contributed by atoms with Crippen LogP contribution in [-0.4, -0.2) is 89.6 Å². The first kappa shape index (κ1) is 41.1. The van der Waals surface area contributed by atoms with Crippen LogP contribution >= 0.6 is 0 Å². The van der Waals surface area contributed by atoms with E-state index in [0.29, 0.717) is 45.1 Å². The van der Waals surface area contributed by atoms with Crippen molar-refractivity contribution in [3.05, 3.63) is 0 Å². The number of carbonyl (C=O) groups is 5. The van der Waals surface area contributed by atoms with Crippen LogP contribution < -0.4 is 21.3 Å². The molecule has 5 atom stereocenters. The van der Waals surface area contributed by atoms with E-state index in [-0.39, 0.29) is 29.5 Å². The molecule has 0 spiro atoms. The maximum Gasteiger partial charge on any atom is 0.315 e. The summed E-state index contributed by atoms with van der Waals surface area (Å²) in [5.74, 6) is -2.63. The Labute approximate surface area is 306 Å². The van der Waals surface area contributed by atoms with E-state index in [1.807, 2.05) is 27.7 Å². The molecule has 0 aromatic heterocycles. The summed E-state index contributed by atoms with van der Waals surface area (Å²) in [6.07, 6.45) is 11.3. The van der Waals surface area contributed by atoms with E-state index in [2.05, 4.69) is 21.3 Å². The van der Waals surface area contributed by atoms with Crippen LogP contribution in [-0.2, 0) is 29.0 Å². The van der Waals surface area contributed by atoms with Gasteiger partial charge in [0.05, 0.1) is 22.1 Å². The first-order valence-electron chi connectivity index (χ1n) is 19.6. The minimum atomic E-state index is -3.56. The normalized spacial score (nSPS) is 26.0. The van der Waals surface area contributed by atoms with Crippen LogP contribution in [0, 0.1) is 17.3 Å². The molecule has 290 valence electrons. The van der Waals surface area contributed by atoms with Crippen molar-refractivity contribution in [3.63, 3.8) is 0 Å². The lowest BCUT2D eigenvalue weighted by Gasteiger charge is -2.44. The van der Waals surface area contributed by atoms with E-state index in [0.717, 1.165) is 57.8 Å². The summed E-state index contributed by atoms with van der Waals surface area (Å²) >= 11 is 0. The average molecular weight is 736 g/mol. The second kappa shape index (κ2) is 16.5. The quantitative estimate of drug-likeness (QED) is 0.190. The lowest BCUT2D eigenvalue weighted by Crippen LogP contribution is -2.64. The zero-order chi connectivity index (χ0) is 37.8. The highest BCUT2D eigenvalue weighted by atomic mass is 32.2. The van der Waals surface area contributed by atoms with Gasteiger partial charge in [-0.25, -0.2) is 13.2 Å². The van der Waals surface area contributed by atoms with E-state index in [1.54, 1.807) is 25.7 Å². The Balaban J connectivity index is 1.59. The summed E-state index contributed by atoms with van der Waals surface area (Å²) in [7, 11) is -3.56. The monoisotopic (exact) mass is 735 g/mol. The molecule has 3 aliphatic carbocycles. The number of ketones is 1. The van der Waals surface area contributed by atoms with E-state index >= 15 is 0 Å². The number of carbonyl (C=O) groups excluding carboxylic acids is 5. The van der Waals surface area contributed by atoms with Crippen molar-refractivity contribution in [2.24, 2.45) is 17.3 Å². The Morgan fingerprint density at radius 2 is 1.47 bits per heavy atom. The number of nitrogens with one attached hydrogen (secondary N) is 4. The third-order valence-electron chi connectivity index (χ3n) is 12.2. The summed E-state index contributed by atoms with van der Waals surface area (Å²) < 4.78 is 25.9. The topological polar surface area (TPSA) is 171 Å². The van der Waals surface area contributed by atoms with Gasteiger partial charge in [0.15, 0.2) is 9.84 Å². The molecule has 4 aliphatic rings. The third-order valence-corrected chi connectivity index (χ3v) is 15.0. The van der Waals surface area contributed by atoms with Gasteiger partial charge in [-0.15, -0.1) is 0 Å². The van der Waals surface area contributed by atoms with Crippen LogP contribution in [0.1, 0.15) is 145 Å². The predicted octanol–water partition coefficient (Wildman–Crippen LogP) is 4.55. The maximum absolute atomic E-state index is 14.8. The Morgan fingerprint density at radius 1 is 0.882 bits per heavy atom. The molecule has 12 nitrogen and oxygen atoms in total. The van der Waals surface area contributed by atoms with Gasteiger partial charge >= 0.3 is 6.03 Å². The summed E-state index contributed by atoms with van der Waals surface area (Å²) in [6.45, 7) is 13.2. The summed E-state index contributed by atoms with van der Waals surface area (Å²) in [6, 6.07) is -3.40. The predicted molar refractivity (Wildman–Crippen MR) is 197 cm³/mol. The molecule has 1 aliphatic heterocycles. The Kier molecular flexibility index (Phi) is 13.3. The number of sulfone groups is 1. The zero-order valence-electron chi connectivity index (χ0n) is 32.2. The van der Waals surface area contributed by atoms with Gasteiger partial charge in [-0.05, 0) is 83.0 Å². The molecule has 4 rings (SSSR count). The second-order valence-electron chi connectivity index (χ2n) is 17.5. The molecule has 0 unspecified atom stereocenters. The molecule has 4 N–H and O–H groups in total. The molecule has 4 fully saturated rings. The smallest absolute Gasteiger partial charge is 0.315 e. The van der Waals surface area contributed by atoms with E-state index in [9.17, 15) is 32.4 Å². The number of Topliss-reactive ketones (excluding diaryl/α,β-unsaturated/α-hetero) is 1. The Hall–Kier alpha value is -2.70. The van der Waals surface area contributed by atoms with Gasteiger partial charge in [-0.1, -0.05) is 79.1 Å². The number of nitrogens with zero attached hydrogens (tertiary/aromatic N) is 1. The molecule has 1 heterocycles. The number of hydrogen-bond donors (Lipinski definition) is 4. The van der Waals surface area contributed by atoms with E-state index in [4.69, 9.17) is 0 Å². The van der Waals surface area contributed by atoms with Crippen molar-refractivity contribution in [1.29, 1.82) is 0 Å². The van der Waals surface area contributed by atoms with Gasteiger partial charge in [-0.3, -0.25) is 19.2 Å². The van der Waals surface area contributed by atoms with Gasteiger partial charge < -0.3 is 26.2 Å². The van der Waals surface area contributed by atoms with Crippen molar-refractivity contribution >= 4 is 39.4 Å². The van der Waals surface area contributed by atoms with Crippen molar-refractivity contribution in [3.8, 4) is 0 Å². The van der Waals surface area contributed by atoms with Crippen molar-refractivity contribution < 1.29 is 32.4 Å². The Bertz CT molecular complexity index is 1390. The second-order valence-corrected chi connectivity index (χ2v) is 20.3. The molecule has 1 saturated heterocycles. The number of likely N-dealkylation sites (tertiary alicyclic amines) is 1. The number of unbranched alkanes of at least 4 members (excludes halogenated alkanes) is 1. The average Bonchev–Trinajstić information content (AvgIpc) is 3.82. The highest BCUT2D eigenvalue weighted by Gasteiger charge is 2.51. The summed E-state index contributed by atoms with van der Waals surface area (Å²) in [5.41, 5.74) is -1.53. The molecule has 0 bridgehead atoms. The lowest BCUT2D eigenvalue weighted by atomic mass is 9.70. The fraction of sp³-hybridized carbons (Fsp3) is 0.868. The van der Waals surface area contributed by atoms with E-state index in [1.165, 1.54) is 0 Å². The van der Waals surface area contributed by atoms with Crippen molar-refractivity contribution in [1.82, 2.24) is 26.2 Å². The molecular weight excluding hydrogens is 671 g/mol. The fourth-order valence-corrected chi connectivity index (χ4v) is 9.76. The number of urea groups is 1. The highest BCUT2D eigenvalue weighted by molar-refractivity contribution is 7.92. The van der Waals surface area contributed by atoms with Crippen LogP contribution in [0.15, 0.2) is 0 Å². The van der Waals surface area contributed by atoms with Gasteiger partial charge in [0.1, 0.15) is 12.1 Å². The van der Waals surface area contributed by atoms with Crippen molar-refractivity contribution in [2.75, 3.05) is 12.3 Å². The zero-order valence-corrected chi connectivity index (χ0v) is 33.0. The molecule has 5 amide bonds. The van der Waals surface area contributed by atoms with Gasteiger partial charge in [0.25, 0.3) is 5.91 Å². The standard InChI is InChI=1S/C38H65N5O7S/c1-8-9-16-28(30(44)33(46)39-27-17-18-27)40-32(45)29-26(3)25(2)23-43(29)34(47)31(37(7)19-12-10-13-20-37)41-35(48)42-38(21-14-11-15-22-38)24-51(49,50)36(4,5)6/h25-29,31H,8-24H2,1-7H3,(H,39,46)(H,40,45)(H2,41,42,48)/t25-,26-,28-,29-,31+/m0/s1. The molecule has 3 saturated carbocycles. The van der Waals surface area contributed by atoms with Crippen LogP contribution in [0.3, 0.4) is 0 Å². The van der Waals surface area contributed by atoms with Crippen molar-refractivity contribution in [2.45, 2.75) is 179 Å². The first-order valence-corrected chi connectivity index (χ1v) is 21.2. The molecule has 0 radical (unpaired) electrons. The van der Waals surface area contributed by atoms with Gasteiger partial charge in [-0.2, -0.15) is 0 Å². The SMILES string of the molecule is CCCC[C@H](NC(=O)[C@@H]1[C@@H](C)[C@@H](C)CN1C(=O)[C@@H](NC(=O)NC1(CS(=O)(=O)C(C)(C)C)CCCCC1)C1(C)CCCCC1)C(=O)C(=O)NC1CC1. The third kappa shape index (κ3) is 10.0. The molecule has 0 aromatic carbocycles. The minimum Gasteiger partial charge on any atom is -0.347 e. The Morgan fingerprint density at radius 3 is 2.02 bits per heavy atom. The van der Waals surface area contributed by atoms with Gasteiger partial charge in [0, 0.05) is 12.6 Å². The lowest BCUT2D eigenvalue weighted by molar-refractivity contribution is -0.145. The van der Waals surface area contributed by atoms with Crippen LogP contribution in [0.2, 0.25) is 0 Å². The number of amides is 5. The summed E-state index contributed by atoms with van der Waals surface area (Å²) in [5, 5.41) is 11.7. The van der Waals surface area contributed by atoms with Crippen LogP contribution in [0.4, 0.5) is 4.79 Å². The number of hydrogen-bond acceptors (Lipinski definition) is 7.